The molecule has 0 atom stereocenters. The molecule has 15 heavy (non-hydrogen) atoms. The molecule has 0 aliphatic carbocycles. The van der Waals surface area contributed by atoms with Crippen LogP contribution >= 0.6 is 0 Å². The monoisotopic (exact) mass is 204 g/mol. The lowest BCUT2D eigenvalue weighted by atomic mass is 9.97. The van der Waals surface area contributed by atoms with Gasteiger partial charge < -0.3 is 10.2 Å². The minimum Gasteiger partial charge on any atom is -0.370 e. The zero-order chi connectivity index (χ0) is 11.2. The maximum atomic E-state index is 12.0. The standard InChI is InChI=1S/C12H16N2O/c1-8-6-5-7-9-10(8)13-12(2,3)11(15)14(9)4/h5-7,13H,1-4H3. The van der Waals surface area contributed by atoms with Crippen LogP contribution in [0.5, 0.6) is 0 Å². The van der Waals surface area contributed by atoms with Crippen LogP contribution in [0.15, 0.2) is 18.2 Å². The third kappa shape index (κ3) is 1.39. The summed E-state index contributed by atoms with van der Waals surface area (Å²) in [5, 5.41) is 3.29. The number of hydrogen-bond acceptors (Lipinski definition) is 2. The van der Waals surface area contributed by atoms with E-state index in [0.717, 1.165) is 11.4 Å². The van der Waals surface area contributed by atoms with Gasteiger partial charge in [-0.1, -0.05) is 12.1 Å². The van der Waals surface area contributed by atoms with Crippen molar-refractivity contribution in [1.82, 2.24) is 0 Å². The number of anilines is 2. The number of amides is 1. The van der Waals surface area contributed by atoms with Crippen LogP contribution in [0, 0.1) is 6.92 Å². The number of benzene rings is 1. The normalized spacial score (nSPS) is 18.4. The first-order valence-electron chi connectivity index (χ1n) is 5.09. The number of nitrogens with one attached hydrogen (secondary N) is 1. The van der Waals surface area contributed by atoms with Crippen molar-refractivity contribution in [1.29, 1.82) is 0 Å². The van der Waals surface area contributed by atoms with Crippen molar-refractivity contribution >= 4 is 17.3 Å². The molecular weight excluding hydrogens is 188 g/mol. The van der Waals surface area contributed by atoms with Gasteiger partial charge in [0.05, 0.1) is 11.4 Å². The van der Waals surface area contributed by atoms with Crippen molar-refractivity contribution in [3.05, 3.63) is 23.8 Å². The Labute approximate surface area is 90.1 Å². The van der Waals surface area contributed by atoms with E-state index in [-0.39, 0.29) is 5.91 Å². The number of fused-ring (bicyclic) bond motifs is 1. The summed E-state index contributed by atoms with van der Waals surface area (Å²) in [5.41, 5.74) is 2.66. The molecule has 2 rings (SSSR count). The van der Waals surface area contributed by atoms with Crippen LogP contribution in [0.1, 0.15) is 19.4 Å². The Balaban J connectivity index is 2.60. The Morgan fingerprint density at radius 1 is 1.33 bits per heavy atom. The summed E-state index contributed by atoms with van der Waals surface area (Å²) in [7, 11) is 1.82. The first-order chi connectivity index (χ1) is 6.93. The highest BCUT2D eigenvalue weighted by atomic mass is 16.2. The summed E-state index contributed by atoms with van der Waals surface area (Å²) >= 11 is 0. The second-order valence-corrected chi connectivity index (χ2v) is 4.58. The Morgan fingerprint density at radius 3 is 2.67 bits per heavy atom. The van der Waals surface area contributed by atoms with Gasteiger partial charge in [0.1, 0.15) is 5.54 Å². The zero-order valence-corrected chi connectivity index (χ0v) is 9.59. The summed E-state index contributed by atoms with van der Waals surface area (Å²) in [4.78, 5) is 13.7. The lowest BCUT2D eigenvalue weighted by Gasteiger charge is -2.38. The molecule has 0 spiro atoms. The van der Waals surface area contributed by atoms with Gasteiger partial charge in [0.25, 0.3) is 5.91 Å². The fourth-order valence-corrected chi connectivity index (χ4v) is 1.99. The third-order valence-electron chi connectivity index (χ3n) is 2.89. The van der Waals surface area contributed by atoms with Crippen molar-refractivity contribution in [3.8, 4) is 0 Å². The molecule has 1 amide bonds. The van der Waals surface area contributed by atoms with Gasteiger partial charge in [-0.05, 0) is 32.4 Å². The van der Waals surface area contributed by atoms with Crippen LogP contribution in [0.25, 0.3) is 0 Å². The van der Waals surface area contributed by atoms with E-state index in [9.17, 15) is 4.79 Å². The number of rotatable bonds is 0. The highest BCUT2D eigenvalue weighted by Crippen LogP contribution is 2.36. The number of hydrogen-bond donors (Lipinski definition) is 1. The smallest absolute Gasteiger partial charge is 0.251 e. The third-order valence-corrected chi connectivity index (χ3v) is 2.89. The van der Waals surface area contributed by atoms with E-state index >= 15 is 0 Å². The van der Waals surface area contributed by atoms with Crippen LogP contribution in [0.3, 0.4) is 0 Å². The summed E-state index contributed by atoms with van der Waals surface area (Å²) in [5.74, 6) is 0.0978. The molecule has 1 aromatic carbocycles. The molecule has 1 heterocycles. The number of carbonyl (C=O) groups is 1. The molecule has 0 bridgehead atoms. The Hall–Kier alpha value is -1.51. The minimum absolute atomic E-state index is 0.0978. The molecule has 1 aliphatic heterocycles. The summed E-state index contributed by atoms with van der Waals surface area (Å²) in [6.07, 6.45) is 0. The molecule has 0 saturated carbocycles. The van der Waals surface area contributed by atoms with E-state index in [1.165, 1.54) is 5.56 Å². The molecule has 1 aromatic rings. The second kappa shape index (κ2) is 2.99. The van der Waals surface area contributed by atoms with E-state index in [4.69, 9.17) is 0 Å². The number of aryl methyl sites for hydroxylation is 1. The fourth-order valence-electron chi connectivity index (χ4n) is 1.99. The first kappa shape index (κ1) is 10.0. The van der Waals surface area contributed by atoms with Crippen LogP contribution < -0.4 is 10.2 Å². The van der Waals surface area contributed by atoms with Crippen molar-refractivity contribution < 1.29 is 4.79 Å². The molecule has 0 fully saturated rings. The van der Waals surface area contributed by atoms with Crippen molar-refractivity contribution in [2.75, 3.05) is 17.3 Å². The van der Waals surface area contributed by atoms with Crippen LogP contribution in [-0.4, -0.2) is 18.5 Å². The molecule has 0 unspecified atom stereocenters. The van der Waals surface area contributed by atoms with Crippen molar-refractivity contribution in [2.45, 2.75) is 26.3 Å². The van der Waals surface area contributed by atoms with E-state index in [2.05, 4.69) is 5.32 Å². The zero-order valence-electron chi connectivity index (χ0n) is 9.59. The van der Waals surface area contributed by atoms with Gasteiger partial charge >= 0.3 is 0 Å². The molecule has 80 valence electrons. The summed E-state index contributed by atoms with van der Waals surface area (Å²) in [6.45, 7) is 5.86. The van der Waals surface area contributed by atoms with Crippen LogP contribution in [-0.2, 0) is 4.79 Å². The van der Waals surface area contributed by atoms with Gasteiger partial charge in [-0.3, -0.25) is 4.79 Å². The minimum atomic E-state index is -0.520. The Bertz CT molecular complexity index is 424. The van der Waals surface area contributed by atoms with Gasteiger partial charge in [-0.15, -0.1) is 0 Å². The Morgan fingerprint density at radius 2 is 2.00 bits per heavy atom. The molecule has 0 saturated heterocycles. The molecule has 0 radical (unpaired) electrons. The quantitative estimate of drug-likeness (QED) is 0.702. The second-order valence-electron chi connectivity index (χ2n) is 4.58. The first-order valence-corrected chi connectivity index (χ1v) is 5.09. The average molecular weight is 204 g/mol. The molecular formula is C12H16N2O. The largest absolute Gasteiger partial charge is 0.370 e. The lowest BCUT2D eigenvalue weighted by molar-refractivity contribution is -0.121. The fraction of sp³-hybridized carbons (Fsp3) is 0.417. The molecule has 3 heteroatoms. The van der Waals surface area contributed by atoms with E-state index in [1.54, 1.807) is 4.90 Å². The van der Waals surface area contributed by atoms with Gasteiger partial charge in [0.15, 0.2) is 0 Å². The van der Waals surface area contributed by atoms with E-state index in [0.29, 0.717) is 0 Å². The van der Waals surface area contributed by atoms with Gasteiger partial charge in [-0.25, -0.2) is 0 Å². The summed E-state index contributed by atoms with van der Waals surface area (Å²) in [6, 6.07) is 5.98. The van der Waals surface area contributed by atoms with E-state index < -0.39 is 5.54 Å². The number of para-hydroxylation sites is 1. The van der Waals surface area contributed by atoms with E-state index in [1.807, 2.05) is 46.0 Å². The summed E-state index contributed by atoms with van der Waals surface area (Å²) < 4.78 is 0. The molecule has 0 aromatic heterocycles. The number of likely N-dealkylation sites (N-methyl/N-ethyl adjacent to an activating group) is 1. The topological polar surface area (TPSA) is 32.3 Å². The predicted molar refractivity (Wildman–Crippen MR) is 62.3 cm³/mol. The Kier molecular flexibility index (Phi) is 2.00. The van der Waals surface area contributed by atoms with Crippen LogP contribution in [0.2, 0.25) is 0 Å². The molecule has 3 nitrogen and oxygen atoms in total. The number of carbonyl (C=O) groups excluding carboxylic acids is 1. The maximum Gasteiger partial charge on any atom is 0.251 e. The SMILES string of the molecule is Cc1cccc2c1NC(C)(C)C(=O)N2C. The highest BCUT2D eigenvalue weighted by Gasteiger charge is 2.37. The van der Waals surface area contributed by atoms with Gasteiger partial charge in [-0.2, -0.15) is 0 Å². The van der Waals surface area contributed by atoms with Crippen molar-refractivity contribution in [3.63, 3.8) is 0 Å². The predicted octanol–water partition coefficient (Wildman–Crippen LogP) is 2.16. The molecule has 1 aliphatic rings. The molecule has 1 N–H and O–H groups in total. The highest BCUT2D eigenvalue weighted by molar-refractivity contribution is 6.07. The average Bonchev–Trinajstić information content (AvgIpc) is 2.17. The van der Waals surface area contributed by atoms with Crippen molar-refractivity contribution in [2.24, 2.45) is 0 Å². The van der Waals surface area contributed by atoms with Gasteiger partial charge in [0, 0.05) is 7.05 Å². The number of nitrogens with zero attached hydrogens (tertiary/aromatic N) is 1. The van der Waals surface area contributed by atoms with Crippen LogP contribution in [0.4, 0.5) is 11.4 Å². The maximum absolute atomic E-state index is 12.0. The lowest BCUT2D eigenvalue weighted by Crippen LogP contribution is -2.52. The van der Waals surface area contributed by atoms with Gasteiger partial charge in [0.2, 0.25) is 0 Å².